The van der Waals surface area contributed by atoms with Gasteiger partial charge in [0.2, 0.25) is 0 Å². The molecule has 0 aromatic rings. The molecule has 0 aromatic heterocycles. The first-order valence-corrected chi connectivity index (χ1v) is 28.3. The lowest BCUT2D eigenvalue weighted by atomic mass is 9.35. The Morgan fingerprint density at radius 1 is 0.512 bits per heavy atom. The van der Waals surface area contributed by atoms with Crippen LogP contribution in [0.1, 0.15) is 169 Å². The fraction of sp³-hybridized carbons (Fsp3) is 0.862. The molecule has 22 nitrogen and oxygen atoms in total. The molecule has 450 valence electrons. The van der Waals surface area contributed by atoms with Crippen LogP contribution in [0.25, 0.3) is 0 Å². The molecule has 5 aliphatic carbocycles. The molecule has 3 aliphatic heterocycles. The molecular weight excluding hydrogens is 1050 g/mol. The highest BCUT2D eigenvalue weighted by Gasteiger charge is 2.89. The van der Waals surface area contributed by atoms with E-state index in [1.54, 1.807) is 0 Å². The van der Waals surface area contributed by atoms with Crippen molar-refractivity contribution in [1.29, 1.82) is 0 Å². The number of hydrogen-bond donors (Lipinski definition) is 1. The van der Waals surface area contributed by atoms with Gasteiger partial charge in [0.25, 0.3) is 0 Å². The van der Waals surface area contributed by atoms with Crippen LogP contribution in [0, 0.1) is 44.3 Å². The molecule has 22 heteroatoms. The van der Waals surface area contributed by atoms with E-state index in [-0.39, 0.29) is 17.9 Å². The monoisotopic (exact) mass is 1130 g/mol. The van der Waals surface area contributed by atoms with Crippen molar-refractivity contribution in [2.45, 2.75) is 259 Å². The molecule has 0 aromatic carbocycles. The Bertz CT molecular complexity index is 2460. The molecule has 21 atom stereocenters. The second-order valence-electron chi connectivity index (χ2n) is 26.3. The lowest BCUT2D eigenvalue weighted by molar-refractivity contribution is -0.347. The van der Waals surface area contributed by atoms with Crippen molar-refractivity contribution in [2.75, 3.05) is 13.2 Å². The second-order valence-corrected chi connectivity index (χ2v) is 26.3. The van der Waals surface area contributed by atoms with E-state index in [0.717, 1.165) is 33.1 Å². The van der Waals surface area contributed by atoms with E-state index in [1.165, 1.54) is 41.5 Å². The summed E-state index contributed by atoms with van der Waals surface area (Å²) in [7, 11) is 0. The number of aliphatic hydroxyl groups is 1. The largest absolute Gasteiger partial charge is 0.463 e. The zero-order valence-corrected chi connectivity index (χ0v) is 49.5. The number of carbonyl (C=O) groups excluding carboxylic acids is 8. The van der Waals surface area contributed by atoms with Gasteiger partial charge in [-0.1, -0.05) is 34.6 Å². The van der Waals surface area contributed by atoms with Crippen LogP contribution in [0.3, 0.4) is 0 Å². The minimum atomic E-state index is -1.53. The SMILES string of the molecule is CC(=O)OC[C@H]1O[C@@H](O[C@H]2C[C@@]3(C)[C@]4(C)C[C@H](O)[C@H]([C@@]5(C)CC[C@H](OC(C)=O)C(C)(C)O5)[C@@]4(C)CC[C@]34C[C@@]43CC[C@H](O[C@@H]4OC[C@@H](OC(C)=O)[C@H](OC(C)=O)[C@H]4OC(C)=O)C(C)(C)C23)[C@H](OC(C)=O)[C@@H](OC(C)=O)[C@@H]1OC(C)=O. The number of carbonyl (C=O) groups is 8. The van der Waals surface area contributed by atoms with E-state index in [2.05, 4.69) is 41.5 Å². The third-order valence-corrected chi connectivity index (χ3v) is 20.8. The van der Waals surface area contributed by atoms with Gasteiger partial charge in [0.05, 0.1) is 30.5 Å². The third kappa shape index (κ3) is 10.4. The van der Waals surface area contributed by atoms with Gasteiger partial charge in [0, 0.05) is 61.3 Å². The summed E-state index contributed by atoms with van der Waals surface area (Å²) in [6.45, 7) is 25.9. The van der Waals surface area contributed by atoms with Gasteiger partial charge in [-0.05, 0) is 117 Å². The maximum absolute atomic E-state index is 13.2. The van der Waals surface area contributed by atoms with Crippen LogP contribution in [0.15, 0.2) is 0 Å². The highest BCUT2D eigenvalue weighted by Crippen LogP contribution is 2.93. The van der Waals surface area contributed by atoms with Gasteiger partial charge in [-0.2, -0.15) is 0 Å². The second kappa shape index (κ2) is 21.6. The van der Waals surface area contributed by atoms with Crippen molar-refractivity contribution in [3.8, 4) is 0 Å². The van der Waals surface area contributed by atoms with E-state index in [0.29, 0.717) is 38.5 Å². The Labute approximate surface area is 468 Å². The standard InChI is InChI=1S/C58H86O22/c1-28(59)68-25-39-42(72-31(4)62)44(74-33(6)64)46(76-35(8)66)50(78-39)77-37-24-56(16)55(15)23-36(67)47(54(14)19-17-41(71-30(3)61)52(11,12)80-54)53(55,13)21-22-58(56)27-57(58)20-18-40(51(9,10)48(37)57)79-49-45(75-34(7)65)43(73-32(5)63)38(26-69-49)70-29(2)60/h36-50,67H,17-27H2,1-16H3/t36-,37-,38+,39+,40-,41-,42+,43-,44-,45+,46+,47-,48?,49-,50+,53+,54+,55+,56-,57+,58-/m0/s1. The zero-order chi connectivity index (χ0) is 59.2. The van der Waals surface area contributed by atoms with E-state index >= 15 is 0 Å². The summed E-state index contributed by atoms with van der Waals surface area (Å²) < 4.78 is 80.5. The fourth-order valence-electron chi connectivity index (χ4n) is 18.0. The van der Waals surface area contributed by atoms with Crippen LogP contribution in [-0.4, -0.2) is 157 Å². The Hall–Kier alpha value is -4.48. The van der Waals surface area contributed by atoms with E-state index in [4.69, 9.17) is 61.6 Å². The highest BCUT2D eigenvalue weighted by atomic mass is 16.7. The normalized spacial score (nSPS) is 44.8. The highest BCUT2D eigenvalue weighted by molar-refractivity contribution is 5.70. The van der Waals surface area contributed by atoms with Crippen LogP contribution in [0.4, 0.5) is 0 Å². The summed E-state index contributed by atoms with van der Waals surface area (Å²) in [6.07, 6.45) is -9.86. The number of aliphatic hydroxyl groups excluding tert-OH is 1. The first kappa shape index (κ1) is 61.6. The van der Waals surface area contributed by atoms with Crippen molar-refractivity contribution in [2.24, 2.45) is 44.3 Å². The van der Waals surface area contributed by atoms with Gasteiger partial charge in [0.1, 0.15) is 24.4 Å². The first-order valence-electron chi connectivity index (χ1n) is 28.3. The van der Waals surface area contributed by atoms with Gasteiger partial charge >= 0.3 is 47.8 Å². The molecule has 2 spiro atoms. The van der Waals surface area contributed by atoms with E-state index < -0.39 is 178 Å². The molecule has 3 heterocycles. The molecule has 1 unspecified atom stereocenters. The molecule has 80 heavy (non-hydrogen) atoms. The van der Waals surface area contributed by atoms with Crippen LogP contribution in [0.5, 0.6) is 0 Å². The molecule has 8 aliphatic rings. The van der Waals surface area contributed by atoms with Crippen LogP contribution < -0.4 is 0 Å². The van der Waals surface area contributed by atoms with Crippen molar-refractivity contribution >= 4 is 47.8 Å². The lowest BCUT2D eigenvalue weighted by Gasteiger charge is -2.70. The van der Waals surface area contributed by atoms with Crippen LogP contribution >= 0.6 is 0 Å². The Morgan fingerprint density at radius 3 is 1.61 bits per heavy atom. The van der Waals surface area contributed by atoms with Gasteiger partial charge in [0.15, 0.2) is 49.2 Å². The summed E-state index contributed by atoms with van der Waals surface area (Å²) in [5.41, 5.74) is -5.10. The molecule has 0 amide bonds. The van der Waals surface area contributed by atoms with Crippen molar-refractivity contribution in [3.63, 3.8) is 0 Å². The zero-order valence-electron chi connectivity index (χ0n) is 49.5. The number of ether oxygens (including phenoxy) is 13. The van der Waals surface area contributed by atoms with Gasteiger partial charge in [-0.3, -0.25) is 38.4 Å². The Kier molecular flexibility index (Phi) is 16.6. The van der Waals surface area contributed by atoms with E-state index in [1.807, 2.05) is 13.8 Å². The quantitative estimate of drug-likeness (QED) is 0.124. The fourth-order valence-corrected chi connectivity index (χ4v) is 18.0. The predicted molar refractivity (Wildman–Crippen MR) is 275 cm³/mol. The summed E-state index contributed by atoms with van der Waals surface area (Å²) in [5.74, 6) is -6.31. The third-order valence-electron chi connectivity index (χ3n) is 20.8. The minimum Gasteiger partial charge on any atom is -0.463 e. The summed E-state index contributed by atoms with van der Waals surface area (Å²) in [4.78, 5) is 101. The smallest absolute Gasteiger partial charge is 0.303 e. The molecule has 8 rings (SSSR count). The number of rotatable bonds is 14. The molecule has 3 saturated heterocycles. The van der Waals surface area contributed by atoms with Crippen molar-refractivity contribution < 1.29 is 105 Å². The summed E-state index contributed by atoms with van der Waals surface area (Å²) >= 11 is 0. The maximum Gasteiger partial charge on any atom is 0.303 e. The number of fused-ring (bicyclic) bond motifs is 2. The lowest BCUT2D eigenvalue weighted by Crippen LogP contribution is -2.69. The van der Waals surface area contributed by atoms with E-state index in [9.17, 15) is 43.5 Å². The number of hydrogen-bond acceptors (Lipinski definition) is 22. The maximum atomic E-state index is 13.2. The van der Waals surface area contributed by atoms with Crippen molar-refractivity contribution in [3.05, 3.63) is 0 Å². The molecule has 0 radical (unpaired) electrons. The molecule has 5 saturated carbocycles. The molecule has 1 N–H and O–H groups in total. The van der Waals surface area contributed by atoms with Gasteiger partial charge in [-0.15, -0.1) is 0 Å². The predicted octanol–water partition coefficient (Wildman–Crippen LogP) is 5.68. The molecule has 8 fully saturated rings. The average Bonchev–Trinajstić information content (AvgIpc) is 2.09. The Balaban J connectivity index is 1.24. The van der Waals surface area contributed by atoms with Crippen LogP contribution in [0.2, 0.25) is 0 Å². The average molecular weight is 1140 g/mol. The Morgan fingerprint density at radius 2 is 1.05 bits per heavy atom. The van der Waals surface area contributed by atoms with Crippen molar-refractivity contribution in [1.82, 2.24) is 0 Å². The number of esters is 8. The minimum absolute atomic E-state index is 0.255. The van der Waals surface area contributed by atoms with Crippen LogP contribution in [-0.2, 0) is 99.9 Å². The molecular formula is C58H86O22. The van der Waals surface area contributed by atoms with Gasteiger partial charge in [-0.25, -0.2) is 0 Å². The van der Waals surface area contributed by atoms with Gasteiger partial charge < -0.3 is 66.7 Å². The topological polar surface area (TPSA) is 277 Å². The first-order chi connectivity index (χ1) is 37.0. The summed E-state index contributed by atoms with van der Waals surface area (Å²) in [6, 6.07) is 0. The summed E-state index contributed by atoms with van der Waals surface area (Å²) in [5, 5.41) is 12.8. The molecule has 0 bridgehead atoms.